The van der Waals surface area contributed by atoms with Gasteiger partial charge in [-0.15, -0.1) is 5.10 Å². The standard InChI is InChI=1S/C11H21N5S/c1-11(2,3)8-4-5-16(6-8)7-9-10(13-12)17-15-14-9/h8,13H,4-7,12H2,1-3H3. The molecule has 1 aromatic heterocycles. The van der Waals surface area contributed by atoms with Gasteiger partial charge in [0.25, 0.3) is 0 Å². The molecular weight excluding hydrogens is 234 g/mol. The minimum atomic E-state index is 0.393. The van der Waals surface area contributed by atoms with E-state index in [1.165, 1.54) is 18.0 Å². The largest absolute Gasteiger partial charge is 0.313 e. The zero-order valence-electron chi connectivity index (χ0n) is 10.7. The zero-order valence-corrected chi connectivity index (χ0v) is 11.5. The van der Waals surface area contributed by atoms with Gasteiger partial charge in [-0.3, -0.25) is 4.90 Å². The fourth-order valence-corrected chi connectivity index (χ4v) is 2.80. The van der Waals surface area contributed by atoms with Crippen LogP contribution >= 0.6 is 11.5 Å². The summed E-state index contributed by atoms with van der Waals surface area (Å²) in [5.41, 5.74) is 4.02. The molecule has 17 heavy (non-hydrogen) atoms. The monoisotopic (exact) mass is 255 g/mol. The molecule has 0 spiro atoms. The number of nitrogen functional groups attached to an aromatic ring is 1. The molecule has 0 aromatic carbocycles. The maximum absolute atomic E-state index is 5.43. The number of nitrogens with two attached hydrogens (primary N) is 1. The van der Waals surface area contributed by atoms with Crippen LogP contribution in [0.25, 0.3) is 0 Å². The molecular formula is C11H21N5S. The van der Waals surface area contributed by atoms with Crippen molar-refractivity contribution in [2.45, 2.75) is 33.7 Å². The molecule has 1 unspecified atom stereocenters. The third kappa shape index (κ3) is 2.94. The van der Waals surface area contributed by atoms with Gasteiger partial charge in [0.1, 0.15) is 10.7 Å². The van der Waals surface area contributed by atoms with Crippen molar-refractivity contribution in [1.82, 2.24) is 14.5 Å². The normalized spacial score (nSPS) is 22.0. The number of likely N-dealkylation sites (tertiary alicyclic amines) is 1. The third-order valence-electron chi connectivity index (χ3n) is 3.56. The van der Waals surface area contributed by atoms with Crippen molar-refractivity contribution >= 4 is 16.5 Å². The number of aromatic nitrogens is 2. The molecule has 1 aliphatic heterocycles. The first-order valence-corrected chi connectivity index (χ1v) is 6.78. The molecule has 2 rings (SSSR count). The van der Waals surface area contributed by atoms with E-state index >= 15 is 0 Å². The predicted octanol–water partition coefficient (Wildman–Crippen LogP) is 1.69. The second-order valence-electron chi connectivity index (χ2n) is 5.78. The summed E-state index contributed by atoms with van der Waals surface area (Å²) in [5, 5.41) is 5.00. The van der Waals surface area contributed by atoms with Gasteiger partial charge in [-0.1, -0.05) is 25.3 Å². The van der Waals surface area contributed by atoms with E-state index < -0.39 is 0 Å². The first-order valence-electron chi connectivity index (χ1n) is 6.01. The van der Waals surface area contributed by atoms with Crippen LogP contribution in [-0.2, 0) is 6.54 Å². The number of hydrazine groups is 1. The van der Waals surface area contributed by atoms with Crippen molar-refractivity contribution in [2.75, 3.05) is 18.5 Å². The van der Waals surface area contributed by atoms with Crippen LogP contribution < -0.4 is 11.3 Å². The van der Waals surface area contributed by atoms with Gasteiger partial charge in [-0.2, -0.15) is 0 Å². The lowest BCUT2D eigenvalue weighted by molar-refractivity contribution is 0.225. The molecule has 1 aromatic rings. The van der Waals surface area contributed by atoms with E-state index in [9.17, 15) is 0 Å². The van der Waals surface area contributed by atoms with E-state index in [0.717, 1.165) is 36.2 Å². The number of nitrogens with one attached hydrogen (secondary N) is 1. The molecule has 5 nitrogen and oxygen atoms in total. The van der Waals surface area contributed by atoms with Crippen LogP contribution in [0.4, 0.5) is 5.00 Å². The second-order valence-corrected chi connectivity index (χ2v) is 6.53. The van der Waals surface area contributed by atoms with Crippen LogP contribution in [-0.4, -0.2) is 27.6 Å². The van der Waals surface area contributed by atoms with E-state index in [2.05, 4.69) is 40.7 Å². The molecule has 6 heteroatoms. The Bertz CT molecular complexity index is 370. The molecule has 1 atom stereocenters. The Labute approximate surface area is 107 Å². The number of nitrogens with zero attached hydrogens (tertiary/aromatic N) is 3. The van der Waals surface area contributed by atoms with E-state index in [-0.39, 0.29) is 0 Å². The summed E-state index contributed by atoms with van der Waals surface area (Å²) in [5.74, 6) is 6.19. The van der Waals surface area contributed by atoms with Crippen LogP contribution in [0.15, 0.2) is 0 Å². The molecule has 0 aliphatic carbocycles. The Morgan fingerprint density at radius 1 is 1.53 bits per heavy atom. The van der Waals surface area contributed by atoms with Crippen molar-refractivity contribution in [3.63, 3.8) is 0 Å². The molecule has 2 heterocycles. The van der Waals surface area contributed by atoms with Gasteiger partial charge in [0.15, 0.2) is 0 Å². The molecule has 3 N–H and O–H groups in total. The highest BCUT2D eigenvalue weighted by Gasteiger charge is 2.32. The average molecular weight is 255 g/mol. The molecule has 0 radical (unpaired) electrons. The Morgan fingerprint density at radius 2 is 2.29 bits per heavy atom. The minimum absolute atomic E-state index is 0.393. The van der Waals surface area contributed by atoms with Crippen LogP contribution in [0.2, 0.25) is 0 Å². The SMILES string of the molecule is CC(C)(C)C1CCN(Cc2nnsc2NN)C1. The van der Waals surface area contributed by atoms with Crippen molar-refractivity contribution < 1.29 is 0 Å². The van der Waals surface area contributed by atoms with Crippen LogP contribution in [0, 0.1) is 11.3 Å². The Hall–Kier alpha value is -0.720. The van der Waals surface area contributed by atoms with Gasteiger partial charge < -0.3 is 5.43 Å². The van der Waals surface area contributed by atoms with E-state index in [0.29, 0.717) is 5.41 Å². The van der Waals surface area contributed by atoms with Gasteiger partial charge in [0.05, 0.1) is 0 Å². The van der Waals surface area contributed by atoms with Gasteiger partial charge in [0, 0.05) is 24.6 Å². The van der Waals surface area contributed by atoms with E-state index in [4.69, 9.17) is 5.84 Å². The smallest absolute Gasteiger partial charge is 0.148 e. The minimum Gasteiger partial charge on any atom is -0.313 e. The lowest BCUT2D eigenvalue weighted by Crippen LogP contribution is -2.26. The lowest BCUT2D eigenvalue weighted by atomic mass is 9.80. The van der Waals surface area contributed by atoms with Crippen LogP contribution in [0.3, 0.4) is 0 Å². The van der Waals surface area contributed by atoms with Gasteiger partial charge in [-0.25, -0.2) is 5.84 Å². The highest BCUT2D eigenvalue weighted by Crippen LogP contribution is 2.34. The fourth-order valence-electron chi connectivity index (χ4n) is 2.32. The van der Waals surface area contributed by atoms with Crippen molar-refractivity contribution in [3.05, 3.63) is 5.69 Å². The highest BCUT2D eigenvalue weighted by atomic mass is 32.1. The van der Waals surface area contributed by atoms with Gasteiger partial charge >= 0.3 is 0 Å². The highest BCUT2D eigenvalue weighted by molar-refractivity contribution is 7.10. The summed E-state index contributed by atoms with van der Waals surface area (Å²) in [7, 11) is 0. The number of anilines is 1. The molecule has 1 aliphatic rings. The predicted molar refractivity (Wildman–Crippen MR) is 70.6 cm³/mol. The maximum atomic E-state index is 5.43. The molecule has 0 saturated carbocycles. The quantitative estimate of drug-likeness (QED) is 0.635. The summed E-state index contributed by atoms with van der Waals surface area (Å²) in [6.45, 7) is 10.1. The molecule has 0 amide bonds. The lowest BCUT2D eigenvalue weighted by Gasteiger charge is -2.27. The van der Waals surface area contributed by atoms with Crippen LogP contribution in [0.1, 0.15) is 32.9 Å². The number of rotatable bonds is 3. The van der Waals surface area contributed by atoms with Crippen molar-refractivity contribution in [3.8, 4) is 0 Å². The second kappa shape index (κ2) is 4.88. The number of hydrogen-bond donors (Lipinski definition) is 2. The van der Waals surface area contributed by atoms with Gasteiger partial charge in [0.2, 0.25) is 0 Å². The van der Waals surface area contributed by atoms with Gasteiger partial charge in [-0.05, 0) is 24.3 Å². The Morgan fingerprint density at radius 3 is 2.88 bits per heavy atom. The molecule has 1 fully saturated rings. The number of hydrogen-bond acceptors (Lipinski definition) is 6. The Balaban J connectivity index is 1.94. The summed E-state index contributed by atoms with van der Waals surface area (Å²) in [4.78, 5) is 2.44. The summed E-state index contributed by atoms with van der Waals surface area (Å²) >= 11 is 1.32. The Kier molecular flexibility index (Phi) is 3.65. The summed E-state index contributed by atoms with van der Waals surface area (Å²) < 4.78 is 3.93. The van der Waals surface area contributed by atoms with Crippen LogP contribution in [0.5, 0.6) is 0 Å². The summed E-state index contributed by atoms with van der Waals surface area (Å²) in [6.07, 6.45) is 1.27. The summed E-state index contributed by atoms with van der Waals surface area (Å²) in [6, 6.07) is 0. The van der Waals surface area contributed by atoms with E-state index in [1.807, 2.05) is 0 Å². The van der Waals surface area contributed by atoms with Crippen molar-refractivity contribution in [1.29, 1.82) is 0 Å². The zero-order chi connectivity index (χ0) is 12.5. The first kappa shape index (κ1) is 12.7. The topological polar surface area (TPSA) is 67.1 Å². The molecule has 1 saturated heterocycles. The molecule has 96 valence electrons. The maximum Gasteiger partial charge on any atom is 0.148 e. The third-order valence-corrected chi connectivity index (χ3v) is 4.26. The first-order chi connectivity index (χ1) is 8.00. The van der Waals surface area contributed by atoms with Crippen molar-refractivity contribution in [2.24, 2.45) is 17.2 Å². The molecule has 0 bridgehead atoms. The van der Waals surface area contributed by atoms with E-state index in [1.54, 1.807) is 0 Å². The average Bonchev–Trinajstić information content (AvgIpc) is 2.86. The fraction of sp³-hybridized carbons (Fsp3) is 0.818.